The highest BCUT2D eigenvalue weighted by molar-refractivity contribution is 4.63. The fourth-order valence-electron chi connectivity index (χ4n) is 1.69. The van der Waals surface area contributed by atoms with Crippen molar-refractivity contribution < 1.29 is 9.59 Å². The van der Waals surface area contributed by atoms with Crippen molar-refractivity contribution in [3.05, 3.63) is 0 Å². The molecule has 0 radical (unpaired) electrons. The number of hydrogen-bond acceptors (Lipinski definition) is 1. The Kier molecular flexibility index (Phi) is 1.78. The lowest BCUT2D eigenvalue weighted by atomic mass is 10.1. The number of quaternary nitrogens is 1. The van der Waals surface area contributed by atoms with E-state index in [1.54, 1.807) is 0 Å². The van der Waals surface area contributed by atoms with Crippen LogP contribution < -0.4 is 0 Å². The monoisotopic (exact) mass is 130 g/mol. The predicted molar refractivity (Wildman–Crippen MR) is 37.1 cm³/mol. The van der Waals surface area contributed by atoms with Crippen LogP contribution in [-0.4, -0.2) is 42.4 Å². The normalized spacial score (nSPS) is 42.3. The molecule has 0 spiro atoms. The van der Waals surface area contributed by atoms with Gasteiger partial charge in [0, 0.05) is 0 Å². The van der Waals surface area contributed by atoms with Crippen LogP contribution in [0.1, 0.15) is 13.3 Å². The van der Waals surface area contributed by atoms with E-state index in [1.807, 2.05) is 0 Å². The van der Waals surface area contributed by atoms with Crippen LogP contribution in [0, 0.1) is 0 Å². The first kappa shape index (κ1) is 7.03. The minimum atomic E-state index is -0.0125. The Balaban J connectivity index is 2.23. The molecule has 1 N–H and O–H groups in total. The minimum Gasteiger partial charge on any atom is -0.382 e. The van der Waals surface area contributed by atoms with Crippen LogP contribution in [0.2, 0.25) is 0 Å². The third-order valence-electron chi connectivity index (χ3n) is 2.07. The molecule has 0 atom stereocenters. The van der Waals surface area contributed by atoms with Gasteiger partial charge >= 0.3 is 0 Å². The molecule has 0 saturated carbocycles. The van der Waals surface area contributed by atoms with Gasteiger partial charge in [0.1, 0.15) is 13.1 Å². The van der Waals surface area contributed by atoms with Crippen LogP contribution in [0.5, 0.6) is 0 Å². The molecule has 1 fully saturated rings. The number of rotatable bonds is 2. The minimum absolute atomic E-state index is 0.0125. The Morgan fingerprint density at radius 2 is 2.11 bits per heavy atom. The van der Waals surface area contributed by atoms with Gasteiger partial charge in [-0.2, -0.15) is 0 Å². The Hall–Kier alpha value is -0.0800. The highest BCUT2D eigenvalue weighted by atomic mass is 16.3. The van der Waals surface area contributed by atoms with Crippen molar-refractivity contribution in [1.82, 2.24) is 0 Å². The van der Waals surface area contributed by atoms with Gasteiger partial charge in [-0.25, -0.2) is 0 Å². The molecule has 0 bridgehead atoms. The van der Waals surface area contributed by atoms with Crippen LogP contribution in [0.4, 0.5) is 0 Å². The molecule has 1 rings (SSSR count). The molecule has 0 aromatic heterocycles. The predicted octanol–water partition coefficient (Wildman–Crippen LogP) is 0.218. The van der Waals surface area contributed by atoms with E-state index in [0.29, 0.717) is 0 Å². The van der Waals surface area contributed by atoms with Crippen molar-refractivity contribution in [2.75, 3.05) is 26.7 Å². The quantitative estimate of drug-likeness (QED) is 0.530. The van der Waals surface area contributed by atoms with E-state index in [-0.39, 0.29) is 6.10 Å². The van der Waals surface area contributed by atoms with Gasteiger partial charge in [-0.3, -0.25) is 0 Å². The summed E-state index contributed by atoms with van der Waals surface area (Å²) in [5, 5.41) is 8.99. The summed E-state index contributed by atoms with van der Waals surface area (Å²) < 4.78 is 1.08. The molecule has 1 aliphatic heterocycles. The number of hydrogen-bond donors (Lipinski definition) is 1. The number of aliphatic hydroxyl groups is 1. The number of aliphatic hydroxyl groups excluding tert-OH is 1. The second-order valence-corrected chi connectivity index (χ2v) is 3.36. The summed E-state index contributed by atoms with van der Waals surface area (Å²) in [6.07, 6.45) is 1.21. The van der Waals surface area contributed by atoms with Gasteiger partial charge in [-0.1, -0.05) is 6.92 Å². The van der Waals surface area contributed by atoms with Crippen LogP contribution in [-0.2, 0) is 0 Å². The first-order chi connectivity index (χ1) is 4.16. The Morgan fingerprint density at radius 1 is 1.56 bits per heavy atom. The third kappa shape index (κ3) is 1.43. The fraction of sp³-hybridized carbons (Fsp3) is 1.00. The standard InChI is InChI=1S/C7H16NO/c1-3-4-8(2)5-7(9)6-8/h7,9H,3-6H2,1-2H3/q+1. The SMILES string of the molecule is CCC[N+]1(C)CC(O)C1. The van der Waals surface area contributed by atoms with E-state index >= 15 is 0 Å². The highest BCUT2D eigenvalue weighted by Gasteiger charge is 2.37. The molecule has 1 heterocycles. The van der Waals surface area contributed by atoms with E-state index in [0.717, 1.165) is 17.6 Å². The molecule has 0 aliphatic carbocycles. The molecule has 2 nitrogen and oxygen atoms in total. The van der Waals surface area contributed by atoms with Crippen molar-refractivity contribution in [2.45, 2.75) is 19.4 Å². The lowest BCUT2D eigenvalue weighted by Crippen LogP contribution is -2.64. The molecule has 1 saturated heterocycles. The molecule has 9 heavy (non-hydrogen) atoms. The average Bonchev–Trinajstić information content (AvgIpc) is 1.62. The topological polar surface area (TPSA) is 20.2 Å². The maximum Gasteiger partial charge on any atom is 0.152 e. The molecular formula is C7H16NO+. The van der Waals surface area contributed by atoms with Crippen molar-refractivity contribution >= 4 is 0 Å². The van der Waals surface area contributed by atoms with E-state index < -0.39 is 0 Å². The molecule has 1 aliphatic rings. The summed E-state index contributed by atoms with van der Waals surface area (Å²) >= 11 is 0. The first-order valence-electron chi connectivity index (χ1n) is 3.68. The number of likely N-dealkylation sites (tertiary alicyclic amines) is 1. The molecular weight excluding hydrogens is 114 g/mol. The zero-order chi connectivity index (χ0) is 6.91. The molecule has 54 valence electrons. The van der Waals surface area contributed by atoms with Crippen LogP contribution in [0.25, 0.3) is 0 Å². The van der Waals surface area contributed by atoms with E-state index in [1.165, 1.54) is 13.0 Å². The van der Waals surface area contributed by atoms with Crippen LogP contribution >= 0.6 is 0 Å². The summed E-state index contributed by atoms with van der Waals surface area (Å²) in [6, 6.07) is 0. The second-order valence-electron chi connectivity index (χ2n) is 3.36. The first-order valence-corrected chi connectivity index (χ1v) is 3.68. The maximum atomic E-state index is 8.99. The van der Waals surface area contributed by atoms with Gasteiger partial charge in [0.15, 0.2) is 6.10 Å². The van der Waals surface area contributed by atoms with Gasteiger partial charge in [0.25, 0.3) is 0 Å². The highest BCUT2D eigenvalue weighted by Crippen LogP contribution is 2.16. The largest absolute Gasteiger partial charge is 0.382 e. The third-order valence-corrected chi connectivity index (χ3v) is 2.07. The van der Waals surface area contributed by atoms with Gasteiger partial charge in [0.05, 0.1) is 13.6 Å². The van der Waals surface area contributed by atoms with Crippen molar-refractivity contribution in [1.29, 1.82) is 0 Å². The lowest BCUT2D eigenvalue weighted by Gasteiger charge is -2.45. The number of nitrogens with zero attached hydrogens (tertiary/aromatic N) is 1. The average molecular weight is 130 g/mol. The van der Waals surface area contributed by atoms with E-state index in [4.69, 9.17) is 5.11 Å². The molecule has 0 unspecified atom stereocenters. The van der Waals surface area contributed by atoms with Gasteiger partial charge in [-0.05, 0) is 6.42 Å². The Bertz CT molecular complexity index is 91.6. The van der Waals surface area contributed by atoms with E-state index in [2.05, 4.69) is 14.0 Å². The number of likely N-dealkylation sites (N-methyl/N-ethyl adjacent to an activating group) is 1. The van der Waals surface area contributed by atoms with Crippen LogP contribution in [0.15, 0.2) is 0 Å². The smallest absolute Gasteiger partial charge is 0.152 e. The second kappa shape index (κ2) is 2.27. The molecule has 0 aromatic rings. The zero-order valence-electron chi connectivity index (χ0n) is 6.30. The molecule has 2 heteroatoms. The summed E-state index contributed by atoms with van der Waals surface area (Å²) in [6.45, 7) is 5.34. The zero-order valence-corrected chi connectivity index (χ0v) is 6.30. The molecule has 0 aromatic carbocycles. The lowest BCUT2D eigenvalue weighted by molar-refractivity contribution is -0.955. The summed E-state index contributed by atoms with van der Waals surface area (Å²) in [5.41, 5.74) is 0. The Morgan fingerprint density at radius 3 is 2.44 bits per heavy atom. The van der Waals surface area contributed by atoms with Crippen molar-refractivity contribution in [3.63, 3.8) is 0 Å². The Labute approximate surface area is 56.7 Å². The van der Waals surface area contributed by atoms with Gasteiger partial charge < -0.3 is 9.59 Å². The van der Waals surface area contributed by atoms with E-state index in [9.17, 15) is 0 Å². The van der Waals surface area contributed by atoms with Gasteiger partial charge in [-0.15, -0.1) is 0 Å². The van der Waals surface area contributed by atoms with Gasteiger partial charge in [0.2, 0.25) is 0 Å². The fourth-order valence-corrected chi connectivity index (χ4v) is 1.69. The van der Waals surface area contributed by atoms with Crippen LogP contribution in [0.3, 0.4) is 0 Å². The summed E-state index contributed by atoms with van der Waals surface area (Å²) in [7, 11) is 2.20. The summed E-state index contributed by atoms with van der Waals surface area (Å²) in [4.78, 5) is 0. The molecule has 0 amide bonds. The van der Waals surface area contributed by atoms with Crippen molar-refractivity contribution in [2.24, 2.45) is 0 Å². The van der Waals surface area contributed by atoms with Crippen molar-refractivity contribution in [3.8, 4) is 0 Å². The maximum absolute atomic E-state index is 8.99. The summed E-state index contributed by atoms with van der Waals surface area (Å²) in [5.74, 6) is 0.